The van der Waals surface area contributed by atoms with E-state index in [1.165, 1.54) is 43.2 Å². The van der Waals surface area contributed by atoms with Gasteiger partial charge in [-0.1, -0.05) is 6.92 Å². The molecule has 0 N–H and O–H groups in total. The first-order valence-corrected chi connectivity index (χ1v) is 15.8. The number of carbonyl (C=O) groups excluding carboxylic acids is 1. The molecule has 0 amide bonds. The first kappa shape index (κ1) is 31.3. The van der Waals surface area contributed by atoms with Crippen molar-refractivity contribution in [2.75, 3.05) is 5.75 Å². The van der Waals surface area contributed by atoms with Gasteiger partial charge in [-0.05, 0) is 94.4 Å². The predicted molar refractivity (Wildman–Crippen MR) is 137 cm³/mol. The van der Waals surface area contributed by atoms with Gasteiger partial charge >= 0.3 is 33.2 Å². The Morgan fingerprint density at radius 3 is 1.93 bits per heavy atom. The van der Waals surface area contributed by atoms with Crippen LogP contribution in [0.4, 0.5) is 26.3 Å². The summed E-state index contributed by atoms with van der Waals surface area (Å²) in [4.78, 5) is 13.2. The van der Waals surface area contributed by atoms with Crippen molar-refractivity contribution >= 4 is 27.8 Å². The van der Waals surface area contributed by atoms with E-state index in [2.05, 4.69) is 4.18 Å². The van der Waals surface area contributed by atoms with E-state index in [9.17, 15) is 39.6 Å². The van der Waals surface area contributed by atoms with Crippen LogP contribution >= 0.6 is 11.8 Å². The fourth-order valence-corrected chi connectivity index (χ4v) is 8.67. The van der Waals surface area contributed by atoms with Crippen LogP contribution < -0.4 is 4.18 Å². The van der Waals surface area contributed by atoms with Crippen LogP contribution in [-0.4, -0.2) is 42.8 Å². The molecule has 4 fully saturated rings. The average molecular weight is 617 g/mol. The van der Waals surface area contributed by atoms with E-state index in [1.54, 1.807) is 0 Å². The number of esters is 1. The van der Waals surface area contributed by atoms with Gasteiger partial charge in [0.2, 0.25) is 0 Å². The summed E-state index contributed by atoms with van der Waals surface area (Å²) in [6, 6.07) is 4.41. The molecule has 13 heteroatoms. The summed E-state index contributed by atoms with van der Waals surface area (Å²) in [7, 11) is -6.47. The third-order valence-electron chi connectivity index (χ3n) is 8.87. The Morgan fingerprint density at radius 1 is 0.950 bits per heavy atom. The quantitative estimate of drug-likeness (QED) is 0.104. The van der Waals surface area contributed by atoms with Gasteiger partial charge < -0.3 is 8.92 Å². The Morgan fingerprint density at radius 2 is 1.45 bits per heavy atom. The Balaban J connectivity index is 1.30. The van der Waals surface area contributed by atoms with E-state index < -0.39 is 45.0 Å². The number of ether oxygens (including phenoxy) is 1. The lowest BCUT2D eigenvalue weighted by Crippen LogP contribution is -2.58. The fraction of sp³-hybridized carbons (Fsp3) is 0.741. The van der Waals surface area contributed by atoms with Crippen molar-refractivity contribution in [3.8, 4) is 5.75 Å². The van der Waals surface area contributed by atoms with Crippen molar-refractivity contribution in [2.45, 2.75) is 99.7 Å². The zero-order valence-corrected chi connectivity index (χ0v) is 24.2. The van der Waals surface area contributed by atoms with E-state index in [1.807, 2.05) is 13.8 Å². The van der Waals surface area contributed by atoms with Crippen molar-refractivity contribution in [1.82, 2.24) is 0 Å². The molecule has 0 aliphatic heterocycles. The first-order chi connectivity index (χ1) is 18.3. The number of rotatable bonds is 12. The molecule has 0 unspecified atom stereocenters. The maximum atomic E-state index is 14.0. The molecule has 0 saturated heterocycles. The minimum atomic E-state index is -6.47. The Labute approximate surface area is 234 Å². The molecular weight excluding hydrogens is 582 g/mol. The summed E-state index contributed by atoms with van der Waals surface area (Å²) >= 11 is 1.20. The summed E-state index contributed by atoms with van der Waals surface area (Å²) in [5.41, 5.74) is -0.580. The highest BCUT2D eigenvalue weighted by atomic mass is 32.2. The van der Waals surface area contributed by atoms with Crippen LogP contribution in [0.5, 0.6) is 5.75 Å². The summed E-state index contributed by atoms with van der Waals surface area (Å²) in [5.74, 6) is -10.1. The molecule has 4 bridgehead atoms. The molecule has 4 saturated carbocycles. The van der Waals surface area contributed by atoms with Crippen LogP contribution in [0.2, 0.25) is 0 Å². The van der Waals surface area contributed by atoms with E-state index in [0.29, 0.717) is 35.3 Å². The largest absolute Gasteiger partial charge is 0.459 e. The van der Waals surface area contributed by atoms with Crippen molar-refractivity contribution in [1.29, 1.82) is 0 Å². The third kappa shape index (κ3) is 5.57. The highest BCUT2D eigenvalue weighted by molar-refractivity contribution is 7.99. The van der Waals surface area contributed by atoms with E-state index in [4.69, 9.17) is 4.74 Å². The van der Waals surface area contributed by atoms with Gasteiger partial charge in [0.1, 0.15) is 11.4 Å². The van der Waals surface area contributed by atoms with Gasteiger partial charge in [0.05, 0.1) is 6.42 Å². The Kier molecular flexibility index (Phi) is 8.28. The lowest BCUT2D eigenvalue weighted by molar-refractivity contribution is -0.281. The number of alkyl halides is 6. The monoisotopic (exact) mass is 616 g/mol. The molecular formula is C27H34F6O5S2. The number of hydrogen-bond donors (Lipinski definition) is 0. The summed E-state index contributed by atoms with van der Waals surface area (Å²) < 4.78 is 116. The third-order valence-corrected chi connectivity index (χ3v) is 11.2. The van der Waals surface area contributed by atoms with Gasteiger partial charge in [-0.3, -0.25) is 4.79 Å². The molecule has 5 rings (SSSR count). The lowest BCUT2D eigenvalue weighted by atomic mass is 9.46. The van der Waals surface area contributed by atoms with E-state index >= 15 is 0 Å². The highest BCUT2D eigenvalue weighted by Crippen LogP contribution is 2.64. The lowest BCUT2D eigenvalue weighted by Gasteiger charge is -2.61. The number of hydrogen-bond acceptors (Lipinski definition) is 6. The van der Waals surface area contributed by atoms with Crippen LogP contribution in [0.15, 0.2) is 29.2 Å². The van der Waals surface area contributed by atoms with Gasteiger partial charge in [0.15, 0.2) is 0 Å². The molecule has 4 aliphatic rings. The minimum absolute atomic E-state index is 0.00786. The van der Waals surface area contributed by atoms with Gasteiger partial charge in [-0.15, -0.1) is 11.8 Å². The minimum Gasteiger partial charge on any atom is -0.459 e. The molecule has 0 spiro atoms. The van der Waals surface area contributed by atoms with Crippen LogP contribution in [0, 0.1) is 23.2 Å². The van der Waals surface area contributed by atoms with Crippen molar-refractivity contribution in [2.24, 2.45) is 23.2 Å². The Bertz CT molecular complexity index is 1160. The number of carbonyl (C=O) groups is 1. The number of thioether (sulfide) groups is 1. The second kappa shape index (κ2) is 10.6. The zero-order valence-electron chi connectivity index (χ0n) is 22.5. The van der Waals surface area contributed by atoms with Crippen LogP contribution in [0.1, 0.15) is 72.1 Å². The summed E-state index contributed by atoms with van der Waals surface area (Å²) in [6.07, 6.45) is 5.48. The Hall–Kier alpha value is -1.63. The highest BCUT2D eigenvalue weighted by Gasteiger charge is 2.77. The predicted octanol–water partition coefficient (Wildman–Crippen LogP) is 7.69. The molecule has 0 radical (unpaired) electrons. The molecule has 4 aliphatic carbocycles. The van der Waals surface area contributed by atoms with Crippen molar-refractivity contribution in [3.05, 3.63) is 24.3 Å². The van der Waals surface area contributed by atoms with Crippen LogP contribution in [0.25, 0.3) is 0 Å². The number of halogens is 6. The van der Waals surface area contributed by atoms with Crippen molar-refractivity contribution in [3.63, 3.8) is 0 Å². The molecule has 40 heavy (non-hydrogen) atoms. The van der Waals surface area contributed by atoms with E-state index in [-0.39, 0.29) is 17.8 Å². The molecule has 0 heterocycles. The maximum absolute atomic E-state index is 14.0. The second-order valence-electron chi connectivity index (χ2n) is 11.9. The maximum Gasteiger partial charge on any atom is 0.449 e. The molecule has 1 aromatic rings. The zero-order chi connectivity index (χ0) is 29.8. The SMILES string of the molecule is CCC(F)(F)C(F)(F)C(F)(F)S(=O)(=O)Oc1ccc(SCCC(=O)OC(C)(C)C23CC4CC(CC(C4)C2)C3)cc1. The summed E-state index contributed by atoms with van der Waals surface area (Å²) in [6.45, 7) is 4.53. The normalized spacial score (nSPS) is 27.1. The molecule has 226 valence electrons. The molecule has 1 aromatic carbocycles. The fourth-order valence-electron chi connectivity index (χ4n) is 6.91. The van der Waals surface area contributed by atoms with Crippen LogP contribution in [0.3, 0.4) is 0 Å². The first-order valence-electron chi connectivity index (χ1n) is 13.4. The van der Waals surface area contributed by atoms with Crippen molar-refractivity contribution < 1.29 is 48.5 Å². The second-order valence-corrected chi connectivity index (χ2v) is 14.7. The van der Waals surface area contributed by atoms with Gasteiger partial charge in [-0.2, -0.15) is 34.8 Å². The number of benzene rings is 1. The average Bonchev–Trinajstić information content (AvgIpc) is 2.83. The van der Waals surface area contributed by atoms with Gasteiger partial charge in [0.25, 0.3) is 0 Å². The van der Waals surface area contributed by atoms with E-state index in [0.717, 1.165) is 31.4 Å². The molecule has 5 nitrogen and oxygen atoms in total. The van der Waals surface area contributed by atoms with Crippen LogP contribution in [-0.2, 0) is 19.6 Å². The van der Waals surface area contributed by atoms with Gasteiger partial charge in [0, 0.05) is 22.5 Å². The molecule has 0 aromatic heterocycles. The van der Waals surface area contributed by atoms with Gasteiger partial charge in [-0.25, -0.2) is 0 Å². The molecule has 0 atom stereocenters. The summed E-state index contributed by atoms with van der Waals surface area (Å²) in [5, 5.41) is -6.18. The topological polar surface area (TPSA) is 69.7 Å². The standard InChI is InChI=1S/C27H34F6O5S2/c1-4-25(28,29)26(30,31)27(32,33)40(35,36)38-20-5-7-21(8-6-20)39-10-9-22(34)37-23(2,3)24-14-17-11-18(15-24)13-19(12-17)16-24/h5-8,17-19H,4,9-16H2,1-3H3. The smallest absolute Gasteiger partial charge is 0.449 e.